The molecule has 0 saturated heterocycles. The van der Waals surface area contributed by atoms with Gasteiger partial charge in [0.2, 0.25) is 0 Å². The molecule has 1 aliphatic rings. The minimum absolute atomic E-state index is 0.0332. The molecule has 0 bridgehead atoms. The van der Waals surface area contributed by atoms with Gasteiger partial charge in [-0.3, -0.25) is 0 Å². The fraction of sp³-hybridized carbons (Fsp3) is 0.235. The number of halogens is 4. The maximum Gasteiger partial charge on any atom is 0.161 e. The third-order valence-corrected chi connectivity index (χ3v) is 4.54. The van der Waals surface area contributed by atoms with Gasteiger partial charge in [-0.15, -0.1) is 0 Å². The summed E-state index contributed by atoms with van der Waals surface area (Å²) in [6.07, 6.45) is 0.263. The van der Waals surface area contributed by atoms with Crippen LogP contribution >= 0.6 is 0 Å². The van der Waals surface area contributed by atoms with Crippen LogP contribution in [0, 0.1) is 23.3 Å². The number of hydrogen-bond acceptors (Lipinski definition) is 2. The Morgan fingerprint density at radius 3 is 2.54 bits per heavy atom. The van der Waals surface area contributed by atoms with Crippen LogP contribution < -0.4 is 5.73 Å². The van der Waals surface area contributed by atoms with Gasteiger partial charge < -0.3 is 10.3 Å². The second kappa shape index (κ2) is 5.31. The molecule has 1 aromatic heterocycles. The fourth-order valence-electron chi connectivity index (χ4n) is 3.35. The Labute approximate surface area is 134 Å². The van der Waals surface area contributed by atoms with Crippen molar-refractivity contribution in [1.82, 2.24) is 9.55 Å². The van der Waals surface area contributed by atoms with Gasteiger partial charge in [-0.2, -0.15) is 0 Å². The number of benzene rings is 2. The van der Waals surface area contributed by atoms with E-state index < -0.39 is 29.4 Å². The first kappa shape index (κ1) is 15.1. The minimum atomic E-state index is -1.23. The van der Waals surface area contributed by atoms with Crippen LogP contribution in [0.3, 0.4) is 0 Å². The number of hydrogen-bond donors (Lipinski definition) is 1. The largest absolute Gasteiger partial charge is 0.326 e. The number of nitrogens with zero attached hydrogens (tertiary/aromatic N) is 2. The van der Waals surface area contributed by atoms with Crippen LogP contribution in [0.2, 0.25) is 0 Å². The van der Waals surface area contributed by atoms with E-state index in [9.17, 15) is 17.6 Å². The molecule has 3 aromatic rings. The minimum Gasteiger partial charge on any atom is -0.326 e. The average molecular weight is 335 g/mol. The highest BCUT2D eigenvalue weighted by atomic mass is 19.2. The van der Waals surface area contributed by atoms with Crippen LogP contribution in [0.25, 0.3) is 11.0 Å². The van der Waals surface area contributed by atoms with E-state index in [1.54, 1.807) is 10.6 Å². The molecule has 2 aromatic carbocycles. The van der Waals surface area contributed by atoms with E-state index in [4.69, 9.17) is 5.73 Å². The third-order valence-electron chi connectivity index (χ3n) is 4.54. The Hall–Kier alpha value is -2.41. The van der Waals surface area contributed by atoms with Crippen LogP contribution in [0.5, 0.6) is 0 Å². The van der Waals surface area contributed by atoms with Crippen molar-refractivity contribution in [3.63, 3.8) is 0 Å². The van der Waals surface area contributed by atoms with E-state index in [1.165, 1.54) is 12.1 Å². The highest BCUT2D eigenvalue weighted by Crippen LogP contribution is 2.33. The lowest BCUT2D eigenvalue weighted by Gasteiger charge is -2.30. The molecule has 124 valence electrons. The average Bonchev–Trinajstić information content (AvgIpc) is 2.87. The monoisotopic (exact) mass is 335 g/mol. The molecule has 0 spiro atoms. The number of nitrogens with two attached hydrogens (primary N) is 1. The molecular formula is C17H13F4N3. The lowest BCUT2D eigenvalue weighted by Crippen LogP contribution is -2.39. The van der Waals surface area contributed by atoms with Crippen LogP contribution in [0.15, 0.2) is 30.3 Å². The highest BCUT2D eigenvalue weighted by Gasteiger charge is 2.32. The SMILES string of the molecule is NC1Cn2c(nc3ccc(F)cc32)C[C@@H]1c1cc(F)c(F)cc1F. The molecule has 4 rings (SSSR count). The molecule has 2 atom stereocenters. The van der Waals surface area contributed by atoms with Crippen molar-refractivity contribution in [2.45, 2.75) is 24.9 Å². The summed E-state index contributed by atoms with van der Waals surface area (Å²) in [4.78, 5) is 4.42. The number of fused-ring (bicyclic) bond motifs is 3. The molecule has 2 N–H and O–H groups in total. The van der Waals surface area contributed by atoms with Crippen LogP contribution in [-0.2, 0) is 13.0 Å². The van der Waals surface area contributed by atoms with E-state index in [0.29, 0.717) is 29.5 Å². The predicted molar refractivity (Wildman–Crippen MR) is 80.4 cm³/mol. The maximum atomic E-state index is 14.1. The first-order valence-electron chi connectivity index (χ1n) is 7.48. The first-order valence-corrected chi connectivity index (χ1v) is 7.48. The Bertz CT molecular complexity index is 951. The van der Waals surface area contributed by atoms with Crippen molar-refractivity contribution < 1.29 is 17.6 Å². The van der Waals surface area contributed by atoms with E-state index in [0.717, 1.165) is 6.07 Å². The molecule has 1 aliphatic heterocycles. The quantitative estimate of drug-likeness (QED) is 0.548. The van der Waals surface area contributed by atoms with Crippen molar-refractivity contribution in [2.24, 2.45) is 5.73 Å². The molecule has 0 saturated carbocycles. The summed E-state index contributed by atoms with van der Waals surface area (Å²) in [5, 5.41) is 0. The number of imidazole rings is 1. The van der Waals surface area contributed by atoms with Gasteiger partial charge in [0.15, 0.2) is 11.6 Å². The molecule has 0 amide bonds. The summed E-state index contributed by atoms with van der Waals surface area (Å²) in [6, 6.07) is 5.11. The molecule has 3 nitrogen and oxygen atoms in total. The molecule has 24 heavy (non-hydrogen) atoms. The van der Waals surface area contributed by atoms with Crippen molar-refractivity contribution in [2.75, 3.05) is 0 Å². The van der Waals surface area contributed by atoms with Crippen molar-refractivity contribution in [3.8, 4) is 0 Å². The van der Waals surface area contributed by atoms with E-state index in [2.05, 4.69) is 4.98 Å². The summed E-state index contributed by atoms with van der Waals surface area (Å²) in [6.45, 7) is 0.290. The van der Waals surface area contributed by atoms with E-state index >= 15 is 0 Å². The topological polar surface area (TPSA) is 43.8 Å². The number of aromatic nitrogens is 2. The second-order valence-corrected chi connectivity index (χ2v) is 6.03. The zero-order valence-electron chi connectivity index (χ0n) is 12.4. The highest BCUT2D eigenvalue weighted by molar-refractivity contribution is 5.76. The Morgan fingerprint density at radius 2 is 1.75 bits per heavy atom. The van der Waals surface area contributed by atoms with Crippen LogP contribution in [-0.4, -0.2) is 15.6 Å². The normalized spacial score (nSPS) is 20.4. The van der Waals surface area contributed by atoms with Gasteiger partial charge in [0, 0.05) is 31.0 Å². The van der Waals surface area contributed by atoms with E-state index in [-0.39, 0.29) is 17.8 Å². The van der Waals surface area contributed by atoms with Gasteiger partial charge >= 0.3 is 0 Å². The van der Waals surface area contributed by atoms with Crippen molar-refractivity contribution >= 4 is 11.0 Å². The first-order chi connectivity index (χ1) is 11.4. The Balaban J connectivity index is 1.80. The van der Waals surface area contributed by atoms with E-state index in [1.807, 2.05) is 0 Å². The summed E-state index contributed by atoms with van der Waals surface area (Å²) in [7, 11) is 0. The maximum absolute atomic E-state index is 14.1. The van der Waals surface area contributed by atoms with Gasteiger partial charge in [-0.1, -0.05) is 0 Å². The summed E-state index contributed by atoms with van der Waals surface area (Å²) >= 11 is 0. The molecule has 2 heterocycles. The zero-order chi connectivity index (χ0) is 17.0. The van der Waals surface area contributed by atoms with Crippen molar-refractivity contribution in [1.29, 1.82) is 0 Å². The predicted octanol–water partition coefficient (Wildman–Crippen LogP) is 3.26. The fourth-order valence-corrected chi connectivity index (χ4v) is 3.35. The Kier molecular flexibility index (Phi) is 3.35. The second-order valence-electron chi connectivity index (χ2n) is 6.03. The van der Waals surface area contributed by atoms with Crippen molar-refractivity contribution in [3.05, 3.63) is 65.0 Å². The van der Waals surface area contributed by atoms with Gasteiger partial charge in [0.1, 0.15) is 17.5 Å². The molecular weight excluding hydrogens is 322 g/mol. The summed E-state index contributed by atoms with van der Waals surface area (Å²) in [5.74, 6) is -3.47. The van der Waals surface area contributed by atoms with Gasteiger partial charge in [-0.05, 0) is 29.8 Å². The molecule has 1 unspecified atom stereocenters. The summed E-state index contributed by atoms with van der Waals surface area (Å²) < 4.78 is 56.0. The smallest absolute Gasteiger partial charge is 0.161 e. The standard InChI is InChI=1S/C17H13F4N3/c18-8-1-2-15-16(3-8)24-7-14(22)10(5-17(24)23-15)9-4-12(20)13(21)6-11(9)19/h1-4,6,10,14H,5,7,22H2/t10-,14?/m1/s1. The van der Waals surface area contributed by atoms with Gasteiger partial charge in [0.05, 0.1) is 11.0 Å². The summed E-state index contributed by atoms with van der Waals surface area (Å²) in [5.41, 5.74) is 7.41. The van der Waals surface area contributed by atoms with Crippen LogP contribution in [0.1, 0.15) is 17.3 Å². The van der Waals surface area contributed by atoms with Gasteiger partial charge in [-0.25, -0.2) is 22.5 Å². The number of rotatable bonds is 1. The third kappa shape index (κ3) is 2.27. The van der Waals surface area contributed by atoms with Crippen LogP contribution in [0.4, 0.5) is 17.6 Å². The molecule has 0 radical (unpaired) electrons. The molecule has 0 fully saturated rings. The lowest BCUT2D eigenvalue weighted by atomic mass is 9.86. The Morgan fingerprint density at radius 1 is 1.00 bits per heavy atom. The molecule has 7 heteroatoms. The zero-order valence-corrected chi connectivity index (χ0v) is 12.4. The molecule has 0 aliphatic carbocycles. The van der Waals surface area contributed by atoms with Gasteiger partial charge in [0.25, 0.3) is 0 Å². The lowest BCUT2D eigenvalue weighted by molar-refractivity contribution is 0.391.